The predicted octanol–water partition coefficient (Wildman–Crippen LogP) is 3.65. The Morgan fingerprint density at radius 2 is 2.19 bits per heavy atom. The Labute approximate surface area is 140 Å². The van der Waals surface area contributed by atoms with Gasteiger partial charge in [-0.25, -0.2) is 4.79 Å². The van der Waals surface area contributed by atoms with Crippen LogP contribution in [0.25, 0.3) is 0 Å². The minimum atomic E-state index is -0.413. The van der Waals surface area contributed by atoms with Gasteiger partial charge in [0, 0.05) is 4.90 Å². The van der Waals surface area contributed by atoms with Crippen LogP contribution >= 0.6 is 39.5 Å². The van der Waals surface area contributed by atoms with E-state index in [1.54, 1.807) is 13.0 Å². The van der Waals surface area contributed by atoms with E-state index in [-0.39, 0.29) is 10.6 Å². The van der Waals surface area contributed by atoms with Crippen LogP contribution in [0, 0.1) is 0 Å². The molecule has 7 heteroatoms. The smallest absolute Gasteiger partial charge is 0.339 e. The van der Waals surface area contributed by atoms with E-state index in [0.29, 0.717) is 35.0 Å². The Balaban J connectivity index is 2.69. The molecule has 1 heterocycles. The quantitative estimate of drug-likeness (QED) is 0.444. The second-order valence-electron chi connectivity index (χ2n) is 4.23. The number of carbonyl (C=O) groups is 2. The van der Waals surface area contributed by atoms with Crippen molar-refractivity contribution in [2.24, 2.45) is 0 Å². The van der Waals surface area contributed by atoms with Crippen LogP contribution in [0.1, 0.15) is 27.6 Å². The van der Waals surface area contributed by atoms with E-state index < -0.39 is 5.97 Å². The van der Waals surface area contributed by atoms with Crippen molar-refractivity contribution in [1.82, 2.24) is 0 Å². The molecule has 0 bridgehead atoms. The molecule has 1 atom stereocenters. The summed E-state index contributed by atoms with van der Waals surface area (Å²) in [5, 5.41) is 0. The molecule has 114 valence electrons. The number of rotatable bonds is 4. The van der Waals surface area contributed by atoms with Gasteiger partial charge in [0.2, 0.25) is 0 Å². The van der Waals surface area contributed by atoms with Crippen LogP contribution in [0.3, 0.4) is 0 Å². The van der Waals surface area contributed by atoms with Crippen LogP contribution in [0.2, 0.25) is 0 Å². The maximum absolute atomic E-state index is 12.5. The summed E-state index contributed by atoms with van der Waals surface area (Å²) in [5.41, 5.74) is 0.900. The van der Waals surface area contributed by atoms with E-state index in [1.165, 1.54) is 23.5 Å². The van der Waals surface area contributed by atoms with Crippen LogP contribution in [-0.4, -0.2) is 42.3 Å². The lowest BCUT2D eigenvalue weighted by Crippen LogP contribution is -2.29. The van der Waals surface area contributed by atoms with Gasteiger partial charge in [-0.15, -0.1) is 23.5 Å². The van der Waals surface area contributed by atoms with E-state index in [0.717, 1.165) is 4.90 Å². The number of carbonyl (C=O) groups excluding carboxylic acids is 2. The molecule has 0 N–H and O–H groups in total. The molecule has 4 nitrogen and oxygen atoms in total. The SMILES string of the molecule is CCOC(=O)c1cc(SC)c2c(c1SC)C(=O)C(Br)CO2. The molecule has 1 aliphatic heterocycles. The normalized spacial score (nSPS) is 17.1. The van der Waals surface area contributed by atoms with Gasteiger partial charge in [-0.3, -0.25) is 4.79 Å². The third-order valence-corrected chi connectivity index (χ3v) is 5.28. The van der Waals surface area contributed by atoms with Crippen LogP contribution < -0.4 is 4.74 Å². The summed E-state index contributed by atoms with van der Waals surface area (Å²) in [6.07, 6.45) is 3.72. The highest BCUT2D eigenvalue weighted by Gasteiger charge is 2.34. The monoisotopic (exact) mass is 390 g/mol. The third-order valence-electron chi connectivity index (χ3n) is 3.02. The minimum Gasteiger partial charge on any atom is -0.490 e. The average Bonchev–Trinajstić information content (AvgIpc) is 2.49. The van der Waals surface area contributed by atoms with E-state index in [9.17, 15) is 9.59 Å². The number of halogens is 1. The van der Waals surface area contributed by atoms with Crippen LogP contribution in [0.15, 0.2) is 15.9 Å². The van der Waals surface area contributed by atoms with Crippen LogP contribution in [0.5, 0.6) is 5.75 Å². The first kappa shape index (κ1) is 16.7. The highest BCUT2D eigenvalue weighted by molar-refractivity contribution is 9.10. The fraction of sp³-hybridized carbons (Fsp3) is 0.429. The molecule has 0 aromatic heterocycles. The highest BCUT2D eigenvalue weighted by atomic mass is 79.9. The van der Waals surface area contributed by atoms with Crippen molar-refractivity contribution < 1.29 is 19.1 Å². The Bertz CT molecular complexity index is 589. The number of Topliss-reactive ketones (excluding diaryl/α,β-unsaturated/α-hetero) is 1. The maximum atomic E-state index is 12.5. The van der Waals surface area contributed by atoms with Crippen molar-refractivity contribution >= 4 is 51.2 Å². The molecule has 0 radical (unpaired) electrons. The van der Waals surface area contributed by atoms with Gasteiger partial charge in [-0.1, -0.05) is 15.9 Å². The Hall–Kier alpha value is -0.660. The van der Waals surface area contributed by atoms with Crippen LogP contribution in [0.4, 0.5) is 0 Å². The van der Waals surface area contributed by atoms with E-state index >= 15 is 0 Å². The summed E-state index contributed by atoms with van der Waals surface area (Å²) in [6.45, 7) is 2.35. The van der Waals surface area contributed by atoms with E-state index in [2.05, 4.69) is 15.9 Å². The van der Waals surface area contributed by atoms with Crippen molar-refractivity contribution in [3.63, 3.8) is 0 Å². The standard InChI is InChI=1S/C14H15BrO4S2/c1-4-18-14(17)7-5-9(20-2)12-10(13(7)21-3)11(16)8(15)6-19-12/h5,8H,4,6H2,1-3H3. The van der Waals surface area contributed by atoms with Crippen molar-refractivity contribution in [2.75, 3.05) is 25.7 Å². The summed E-state index contributed by atoms with van der Waals surface area (Å²) in [7, 11) is 0. The molecular weight excluding hydrogens is 376 g/mol. The maximum Gasteiger partial charge on any atom is 0.339 e. The van der Waals surface area contributed by atoms with Crippen LogP contribution in [-0.2, 0) is 4.74 Å². The zero-order valence-electron chi connectivity index (χ0n) is 11.9. The molecule has 1 unspecified atom stereocenters. The molecule has 2 rings (SSSR count). The molecule has 21 heavy (non-hydrogen) atoms. The lowest BCUT2D eigenvalue weighted by Gasteiger charge is -2.25. The van der Waals surface area contributed by atoms with Gasteiger partial charge in [0.25, 0.3) is 0 Å². The number of hydrogen-bond acceptors (Lipinski definition) is 6. The minimum absolute atomic E-state index is 0.0537. The van der Waals surface area contributed by atoms with Crippen molar-refractivity contribution in [1.29, 1.82) is 0 Å². The van der Waals surface area contributed by atoms with Gasteiger partial charge in [-0.2, -0.15) is 0 Å². The Kier molecular flexibility index (Phi) is 5.62. The Morgan fingerprint density at radius 1 is 1.48 bits per heavy atom. The fourth-order valence-corrected chi connectivity index (χ4v) is 3.81. The number of hydrogen-bond donors (Lipinski definition) is 0. The molecule has 0 aliphatic carbocycles. The molecular formula is C14H15BrO4S2. The van der Waals surface area contributed by atoms with Crippen molar-refractivity contribution in [3.8, 4) is 5.75 Å². The second kappa shape index (κ2) is 7.07. The zero-order valence-corrected chi connectivity index (χ0v) is 15.1. The van der Waals surface area contributed by atoms with E-state index in [1.807, 2.05) is 12.5 Å². The first-order valence-electron chi connectivity index (χ1n) is 6.32. The lowest BCUT2D eigenvalue weighted by atomic mass is 10.0. The zero-order chi connectivity index (χ0) is 15.6. The number of fused-ring (bicyclic) bond motifs is 1. The number of esters is 1. The first-order valence-corrected chi connectivity index (χ1v) is 9.68. The van der Waals surface area contributed by atoms with Gasteiger partial charge >= 0.3 is 5.97 Å². The summed E-state index contributed by atoms with van der Waals surface area (Å²) in [5.74, 6) is 0.104. The molecule has 0 amide bonds. The Morgan fingerprint density at radius 3 is 2.76 bits per heavy atom. The van der Waals surface area contributed by atoms with Gasteiger partial charge in [0.15, 0.2) is 5.78 Å². The summed E-state index contributed by atoms with van der Waals surface area (Å²) in [4.78, 5) is 25.7. The van der Waals surface area contributed by atoms with Crippen molar-refractivity contribution in [3.05, 3.63) is 17.2 Å². The van der Waals surface area contributed by atoms with E-state index in [4.69, 9.17) is 9.47 Å². The fourth-order valence-electron chi connectivity index (χ4n) is 2.10. The highest BCUT2D eigenvalue weighted by Crippen LogP contribution is 2.43. The summed E-state index contributed by atoms with van der Waals surface area (Å²) < 4.78 is 10.8. The predicted molar refractivity (Wildman–Crippen MR) is 88.5 cm³/mol. The molecule has 1 aromatic carbocycles. The molecule has 0 saturated carbocycles. The summed E-state index contributed by atoms with van der Waals surface area (Å²) >= 11 is 6.12. The molecule has 1 aromatic rings. The molecule has 0 spiro atoms. The molecule has 1 aliphatic rings. The van der Waals surface area contributed by atoms with Gasteiger partial charge in [0.05, 0.1) is 22.6 Å². The number of ether oxygens (including phenoxy) is 2. The molecule has 0 saturated heterocycles. The number of thioether (sulfide) groups is 2. The van der Waals surface area contributed by atoms with Gasteiger partial charge < -0.3 is 9.47 Å². The number of benzene rings is 1. The largest absolute Gasteiger partial charge is 0.490 e. The molecule has 0 fully saturated rings. The first-order chi connectivity index (χ1) is 10.0. The number of alkyl halides is 1. The van der Waals surface area contributed by atoms with Crippen molar-refractivity contribution in [2.45, 2.75) is 21.5 Å². The summed E-state index contributed by atoms with van der Waals surface area (Å²) in [6, 6.07) is 1.75. The number of ketones is 1. The van der Waals surface area contributed by atoms with Gasteiger partial charge in [0.1, 0.15) is 17.2 Å². The lowest BCUT2D eigenvalue weighted by molar-refractivity contribution is 0.0521. The average molecular weight is 391 g/mol. The third kappa shape index (κ3) is 3.10. The topological polar surface area (TPSA) is 52.6 Å². The second-order valence-corrected chi connectivity index (χ2v) is 7.00. The van der Waals surface area contributed by atoms with Gasteiger partial charge in [-0.05, 0) is 25.5 Å².